The van der Waals surface area contributed by atoms with E-state index in [1.54, 1.807) is 4.90 Å². The molecule has 1 amide bonds. The zero-order chi connectivity index (χ0) is 15.9. The van der Waals surface area contributed by atoms with Crippen LogP contribution in [-0.2, 0) is 24.5 Å². The van der Waals surface area contributed by atoms with E-state index in [2.05, 4.69) is 9.46 Å². The summed E-state index contributed by atoms with van der Waals surface area (Å²) in [6, 6.07) is 0. The van der Waals surface area contributed by atoms with Gasteiger partial charge in [-0.1, -0.05) is 0 Å². The lowest BCUT2D eigenvalue weighted by Crippen LogP contribution is -2.46. The van der Waals surface area contributed by atoms with Crippen molar-refractivity contribution in [2.45, 2.75) is 25.7 Å². The summed E-state index contributed by atoms with van der Waals surface area (Å²) >= 11 is 0. The molecule has 1 saturated heterocycles. The summed E-state index contributed by atoms with van der Waals surface area (Å²) in [6.07, 6.45) is 2.98. The number of nitrogens with one attached hydrogen (secondary N) is 1. The van der Waals surface area contributed by atoms with Crippen molar-refractivity contribution in [3.8, 4) is 0 Å². The van der Waals surface area contributed by atoms with Crippen LogP contribution in [0.4, 0.5) is 0 Å². The zero-order valence-electron chi connectivity index (χ0n) is 12.5. The van der Waals surface area contributed by atoms with Crippen molar-refractivity contribution >= 4 is 22.1 Å². The number of nitrogens with zero attached hydrogens (tertiary/aromatic N) is 2. The van der Waals surface area contributed by atoms with E-state index in [4.69, 9.17) is 0 Å². The Balaban J connectivity index is 2.40. The number of amides is 1. The lowest BCUT2D eigenvalue weighted by atomic mass is 10.1. The molecule has 0 spiro atoms. The first-order valence-electron chi connectivity index (χ1n) is 6.92. The molecule has 1 heterocycles. The van der Waals surface area contributed by atoms with Crippen molar-refractivity contribution in [2.75, 3.05) is 40.3 Å². The molecule has 1 aliphatic rings. The van der Waals surface area contributed by atoms with E-state index in [1.807, 2.05) is 0 Å². The molecule has 0 unspecified atom stereocenters. The molecule has 0 radical (unpaired) electrons. The van der Waals surface area contributed by atoms with Gasteiger partial charge >= 0.3 is 5.97 Å². The van der Waals surface area contributed by atoms with Crippen molar-refractivity contribution < 1.29 is 22.7 Å². The fourth-order valence-electron chi connectivity index (χ4n) is 1.99. The lowest BCUT2D eigenvalue weighted by Gasteiger charge is -2.27. The molecule has 0 bridgehead atoms. The number of methoxy groups -OCH3 is 1. The van der Waals surface area contributed by atoms with Gasteiger partial charge in [0.25, 0.3) is 10.2 Å². The number of carbonyl (C=O) groups excluding carboxylic acids is 2. The normalized spacial score (nSPS) is 16.0. The Morgan fingerprint density at radius 3 is 2.43 bits per heavy atom. The highest BCUT2D eigenvalue weighted by Gasteiger charge is 2.22. The van der Waals surface area contributed by atoms with Crippen LogP contribution in [0.3, 0.4) is 0 Å². The summed E-state index contributed by atoms with van der Waals surface area (Å²) in [5.41, 5.74) is 0. The second-order valence-electron chi connectivity index (χ2n) is 4.92. The molecular weight excluding hydrogens is 298 g/mol. The minimum atomic E-state index is -3.77. The topological polar surface area (TPSA) is 96.0 Å². The maximum Gasteiger partial charge on any atom is 0.306 e. The largest absolute Gasteiger partial charge is 0.469 e. The average Bonchev–Trinajstić information content (AvgIpc) is 2.50. The van der Waals surface area contributed by atoms with E-state index in [0.717, 1.165) is 23.6 Å². The Labute approximate surface area is 125 Å². The molecule has 0 aliphatic carbocycles. The highest BCUT2D eigenvalue weighted by molar-refractivity contribution is 7.87. The number of carbonyl (C=O) groups is 2. The summed E-state index contributed by atoms with van der Waals surface area (Å²) in [6.45, 7) is 1.10. The second kappa shape index (κ2) is 8.30. The van der Waals surface area contributed by atoms with Crippen molar-refractivity contribution in [3.63, 3.8) is 0 Å². The summed E-state index contributed by atoms with van der Waals surface area (Å²) in [7, 11) is -1.18. The molecule has 1 rings (SSSR count). The maximum atomic E-state index is 11.9. The number of rotatable bonds is 7. The smallest absolute Gasteiger partial charge is 0.306 e. The Morgan fingerprint density at radius 1 is 1.24 bits per heavy atom. The van der Waals surface area contributed by atoms with E-state index >= 15 is 0 Å². The van der Waals surface area contributed by atoms with Crippen molar-refractivity contribution in [1.82, 2.24) is 13.9 Å². The van der Waals surface area contributed by atoms with Gasteiger partial charge in [-0.25, -0.2) is 0 Å². The van der Waals surface area contributed by atoms with Crippen molar-refractivity contribution in [1.29, 1.82) is 0 Å². The minimum Gasteiger partial charge on any atom is -0.469 e. The van der Waals surface area contributed by atoms with Gasteiger partial charge in [0, 0.05) is 26.7 Å². The summed E-state index contributed by atoms with van der Waals surface area (Å²) in [4.78, 5) is 24.5. The first kappa shape index (κ1) is 17.9. The van der Waals surface area contributed by atoms with Crippen LogP contribution < -0.4 is 4.72 Å². The highest BCUT2D eigenvalue weighted by atomic mass is 32.2. The number of likely N-dealkylation sites (tertiary alicyclic amines) is 1. The van der Waals surface area contributed by atoms with Gasteiger partial charge < -0.3 is 9.64 Å². The van der Waals surface area contributed by atoms with Crippen LogP contribution in [0.25, 0.3) is 0 Å². The monoisotopic (exact) mass is 321 g/mol. The van der Waals surface area contributed by atoms with Gasteiger partial charge in [-0.05, 0) is 19.3 Å². The first-order chi connectivity index (χ1) is 9.86. The van der Waals surface area contributed by atoms with E-state index in [1.165, 1.54) is 14.2 Å². The number of hydrogen-bond donors (Lipinski definition) is 1. The molecule has 9 heteroatoms. The molecule has 0 aromatic carbocycles. The predicted molar refractivity (Wildman–Crippen MR) is 76.6 cm³/mol. The highest BCUT2D eigenvalue weighted by Crippen LogP contribution is 2.08. The molecule has 21 heavy (non-hydrogen) atoms. The average molecular weight is 321 g/mol. The van der Waals surface area contributed by atoms with E-state index < -0.39 is 16.2 Å². The van der Waals surface area contributed by atoms with Gasteiger partial charge in [-0.3, -0.25) is 9.59 Å². The second-order valence-corrected chi connectivity index (χ2v) is 6.78. The molecule has 0 saturated carbocycles. The standard InChI is InChI=1S/C12H23N3O5S/c1-14(9-6-12(17)20-2)21(18,19)13-10-11(16)15-7-4-3-5-8-15/h13H,3-10H2,1-2H3. The molecule has 1 N–H and O–H groups in total. The molecular formula is C12H23N3O5S. The molecule has 0 atom stereocenters. The predicted octanol–water partition coefficient (Wildman–Crippen LogP) is -0.672. The third-order valence-corrected chi connectivity index (χ3v) is 4.90. The van der Waals surface area contributed by atoms with Crippen LogP contribution in [0.5, 0.6) is 0 Å². The molecule has 8 nitrogen and oxygen atoms in total. The van der Waals surface area contributed by atoms with Crippen LogP contribution in [0.1, 0.15) is 25.7 Å². The van der Waals surface area contributed by atoms with Gasteiger partial charge in [0.05, 0.1) is 20.1 Å². The molecule has 0 aromatic heterocycles. The van der Waals surface area contributed by atoms with E-state index in [-0.39, 0.29) is 25.4 Å². The fourth-order valence-corrected chi connectivity index (χ4v) is 2.85. The van der Waals surface area contributed by atoms with Crippen molar-refractivity contribution in [3.05, 3.63) is 0 Å². The first-order valence-corrected chi connectivity index (χ1v) is 8.36. The third kappa shape index (κ3) is 5.98. The minimum absolute atomic E-state index is 0.0000879. The van der Waals surface area contributed by atoms with Crippen molar-refractivity contribution in [2.24, 2.45) is 0 Å². The molecule has 1 fully saturated rings. The Hall–Kier alpha value is -1.19. The third-order valence-electron chi connectivity index (χ3n) is 3.38. The van der Waals surface area contributed by atoms with Crippen LogP contribution in [0.2, 0.25) is 0 Å². The lowest BCUT2D eigenvalue weighted by molar-refractivity contribution is -0.140. The summed E-state index contributed by atoms with van der Waals surface area (Å²) in [5, 5.41) is 0. The molecule has 1 aliphatic heterocycles. The van der Waals surface area contributed by atoms with Crippen LogP contribution in [0.15, 0.2) is 0 Å². The SMILES string of the molecule is COC(=O)CCN(C)S(=O)(=O)NCC(=O)N1CCCCC1. The van der Waals surface area contributed by atoms with Gasteiger partial charge in [0.2, 0.25) is 5.91 Å². The molecule has 0 aromatic rings. The van der Waals surface area contributed by atoms with E-state index in [9.17, 15) is 18.0 Å². The number of ether oxygens (including phenoxy) is 1. The molecule has 122 valence electrons. The van der Waals surface area contributed by atoms with Gasteiger partial charge in [0.15, 0.2) is 0 Å². The fraction of sp³-hybridized carbons (Fsp3) is 0.833. The summed E-state index contributed by atoms with van der Waals surface area (Å²) < 4.78 is 31.5. The van der Waals surface area contributed by atoms with Gasteiger partial charge in [0.1, 0.15) is 0 Å². The number of piperidine rings is 1. The van der Waals surface area contributed by atoms with Crippen LogP contribution in [-0.4, -0.2) is 69.8 Å². The quantitative estimate of drug-likeness (QED) is 0.627. The van der Waals surface area contributed by atoms with Crippen LogP contribution in [0, 0.1) is 0 Å². The number of esters is 1. The Bertz CT molecular complexity index is 460. The summed E-state index contributed by atoms with van der Waals surface area (Å²) in [5.74, 6) is -0.707. The van der Waals surface area contributed by atoms with Gasteiger partial charge in [-0.15, -0.1) is 0 Å². The zero-order valence-corrected chi connectivity index (χ0v) is 13.3. The van der Waals surface area contributed by atoms with Gasteiger partial charge in [-0.2, -0.15) is 17.4 Å². The van der Waals surface area contributed by atoms with E-state index in [0.29, 0.717) is 13.1 Å². The maximum absolute atomic E-state index is 11.9. The Kier molecular flexibility index (Phi) is 7.06. The van der Waals surface area contributed by atoms with Crippen LogP contribution >= 0.6 is 0 Å². The Morgan fingerprint density at radius 2 is 1.86 bits per heavy atom. The number of hydrogen-bond acceptors (Lipinski definition) is 5.